The number of carbonyl (C=O) groups is 1. The number of urea groups is 1. The highest BCUT2D eigenvalue weighted by Crippen LogP contribution is 2.26. The number of hydrogen-bond acceptors (Lipinski definition) is 4. The van der Waals surface area contributed by atoms with E-state index in [0.717, 1.165) is 57.0 Å². The van der Waals surface area contributed by atoms with Crippen molar-refractivity contribution in [1.29, 1.82) is 0 Å². The number of carbonyl (C=O) groups excluding carboxylic acids is 1. The number of likely N-dealkylation sites (tertiary alicyclic amines) is 1. The number of rotatable bonds is 4. The largest absolute Gasteiger partial charge is 0.373 e. The minimum absolute atomic E-state index is 0.0551. The van der Waals surface area contributed by atoms with E-state index in [-0.39, 0.29) is 18.2 Å². The SMILES string of the molecule is CC(C)c1nnc2n1CC(NC(=O)N1CCCC(OC3CCC3)C1)CC2. The summed E-state index contributed by atoms with van der Waals surface area (Å²) in [5, 5.41) is 11.9. The molecule has 2 atom stereocenters. The number of fused-ring (bicyclic) bond motifs is 1. The highest BCUT2D eigenvalue weighted by Gasteiger charge is 2.30. The number of hydrogen-bond donors (Lipinski definition) is 1. The van der Waals surface area contributed by atoms with Crippen molar-refractivity contribution < 1.29 is 9.53 Å². The van der Waals surface area contributed by atoms with Gasteiger partial charge < -0.3 is 19.5 Å². The Morgan fingerprint density at radius 1 is 1.12 bits per heavy atom. The number of aryl methyl sites for hydroxylation is 1. The molecule has 7 heteroatoms. The summed E-state index contributed by atoms with van der Waals surface area (Å²) in [7, 11) is 0. The van der Waals surface area contributed by atoms with Crippen molar-refractivity contribution in [2.75, 3.05) is 13.1 Å². The third kappa shape index (κ3) is 3.72. The molecule has 2 amide bonds. The van der Waals surface area contributed by atoms with Crippen molar-refractivity contribution in [3.8, 4) is 0 Å². The van der Waals surface area contributed by atoms with Gasteiger partial charge in [-0.05, 0) is 38.5 Å². The van der Waals surface area contributed by atoms with Gasteiger partial charge in [0.1, 0.15) is 11.6 Å². The Balaban J connectivity index is 1.32. The topological polar surface area (TPSA) is 72.3 Å². The molecule has 1 aromatic rings. The van der Waals surface area contributed by atoms with Gasteiger partial charge in [-0.25, -0.2) is 4.79 Å². The van der Waals surface area contributed by atoms with Crippen LogP contribution in [0.5, 0.6) is 0 Å². The van der Waals surface area contributed by atoms with E-state index in [0.29, 0.717) is 12.0 Å². The first-order chi connectivity index (χ1) is 12.6. The molecule has 3 aliphatic rings. The zero-order chi connectivity index (χ0) is 18.1. The molecule has 7 nitrogen and oxygen atoms in total. The quantitative estimate of drug-likeness (QED) is 0.894. The van der Waals surface area contributed by atoms with Crippen LogP contribution in [0.1, 0.15) is 69.9 Å². The number of amides is 2. The number of nitrogens with zero attached hydrogens (tertiary/aromatic N) is 4. The van der Waals surface area contributed by atoms with Gasteiger partial charge in [0.15, 0.2) is 0 Å². The molecule has 2 unspecified atom stereocenters. The van der Waals surface area contributed by atoms with Crippen LogP contribution in [-0.2, 0) is 17.7 Å². The lowest BCUT2D eigenvalue weighted by molar-refractivity contribution is -0.0721. The molecule has 2 aliphatic heterocycles. The monoisotopic (exact) mass is 361 g/mol. The number of piperidine rings is 1. The first-order valence-electron chi connectivity index (χ1n) is 10.2. The van der Waals surface area contributed by atoms with Crippen molar-refractivity contribution in [3.05, 3.63) is 11.6 Å². The van der Waals surface area contributed by atoms with Crippen molar-refractivity contribution >= 4 is 6.03 Å². The normalized spacial score (nSPS) is 26.5. The van der Waals surface area contributed by atoms with Gasteiger partial charge in [-0.1, -0.05) is 13.8 Å². The Labute approximate surface area is 155 Å². The van der Waals surface area contributed by atoms with Crippen LogP contribution < -0.4 is 5.32 Å². The highest BCUT2D eigenvalue weighted by atomic mass is 16.5. The molecule has 0 spiro atoms. The standard InChI is InChI=1S/C19H31N5O2/c1-13(2)18-22-21-17-9-8-14(11-24(17)18)20-19(25)23-10-4-7-16(12-23)26-15-5-3-6-15/h13-16H,3-12H2,1-2H3,(H,20,25). The molecule has 4 rings (SSSR count). The fraction of sp³-hybridized carbons (Fsp3) is 0.842. The summed E-state index contributed by atoms with van der Waals surface area (Å²) in [4.78, 5) is 14.7. The molecule has 2 fully saturated rings. The van der Waals surface area contributed by atoms with E-state index >= 15 is 0 Å². The van der Waals surface area contributed by atoms with Crippen LogP contribution >= 0.6 is 0 Å². The average Bonchev–Trinajstić information content (AvgIpc) is 3.02. The zero-order valence-corrected chi connectivity index (χ0v) is 16.0. The Morgan fingerprint density at radius 3 is 2.65 bits per heavy atom. The van der Waals surface area contributed by atoms with E-state index < -0.39 is 0 Å². The van der Waals surface area contributed by atoms with Crippen LogP contribution in [0.2, 0.25) is 0 Å². The summed E-state index contributed by atoms with van der Waals surface area (Å²) in [6, 6.07) is 0.205. The number of aromatic nitrogens is 3. The molecule has 1 aliphatic carbocycles. The second-order valence-electron chi connectivity index (χ2n) is 8.32. The number of nitrogens with one attached hydrogen (secondary N) is 1. The lowest BCUT2D eigenvalue weighted by Gasteiger charge is -2.37. The van der Waals surface area contributed by atoms with Gasteiger partial charge in [0.05, 0.1) is 12.2 Å². The van der Waals surface area contributed by atoms with Crippen LogP contribution in [0.4, 0.5) is 4.79 Å². The maximum absolute atomic E-state index is 12.8. The van der Waals surface area contributed by atoms with Crippen LogP contribution in [0.3, 0.4) is 0 Å². The molecule has 1 aromatic heterocycles. The molecule has 0 aromatic carbocycles. The molecule has 3 heterocycles. The van der Waals surface area contributed by atoms with Crippen molar-refractivity contribution in [1.82, 2.24) is 25.0 Å². The minimum atomic E-state index is 0.0551. The van der Waals surface area contributed by atoms with Crippen LogP contribution in [0, 0.1) is 0 Å². The van der Waals surface area contributed by atoms with E-state index in [1.807, 2.05) is 4.90 Å². The third-order valence-corrected chi connectivity index (χ3v) is 5.92. The summed E-state index contributed by atoms with van der Waals surface area (Å²) in [5.41, 5.74) is 0. The summed E-state index contributed by atoms with van der Waals surface area (Å²) < 4.78 is 8.33. The third-order valence-electron chi connectivity index (χ3n) is 5.92. The van der Waals surface area contributed by atoms with E-state index in [4.69, 9.17) is 4.74 Å². The maximum atomic E-state index is 12.8. The van der Waals surface area contributed by atoms with Gasteiger partial charge in [0.25, 0.3) is 0 Å². The Morgan fingerprint density at radius 2 is 1.92 bits per heavy atom. The molecule has 144 valence electrons. The molecule has 1 saturated carbocycles. The molecular formula is C19H31N5O2. The summed E-state index contributed by atoms with van der Waals surface area (Å²) >= 11 is 0. The molecular weight excluding hydrogens is 330 g/mol. The Hall–Kier alpha value is -1.63. The lowest BCUT2D eigenvalue weighted by atomic mass is 9.95. The van der Waals surface area contributed by atoms with Gasteiger partial charge in [-0.15, -0.1) is 10.2 Å². The summed E-state index contributed by atoms with van der Waals surface area (Å²) in [5.74, 6) is 2.41. The van der Waals surface area contributed by atoms with Crippen LogP contribution in [-0.4, -0.2) is 57.0 Å². The average molecular weight is 361 g/mol. The highest BCUT2D eigenvalue weighted by molar-refractivity contribution is 5.74. The molecule has 1 saturated heterocycles. The van der Waals surface area contributed by atoms with E-state index in [1.165, 1.54) is 19.3 Å². The minimum Gasteiger partial charge on any atom is -0.373 e. The molecule has 0 radical (unpaired) electrons. The van der Waals surface area contributed by atoms with Gasteiger partial charge in [0.2, 0.25) is 0 Å². The van der Waals surface area contributed by atoms with Gasteiger partial charge in [-0.3, -0.25) is 0 Å². The maximum Gasteiger partial charge on any atom is 0.317 e. The Kier molecular flexibility index (Phi) is 5.16. The van der Waals surface area contributed by atoms with Gasteiger partial charge in [-0.2, -0.15) is 0 Å². The second-order valence-corrected chi connectivity index (χ2v) is 8.32. The molecule has 1 N–H and O–H groups in total. The lowest BCUT2D eigenvalue weighted by Crippen LogP contribution is -2.52. The van der Waals surface area contributed by atoms with Crippen molar-refractivity contribution in [3.63, 3.8) is 0 Å². The fourth-order valence-electron chi connectivity index (χ4n) is 4.17. The van der Waals surface area contributed by atoms with E-state index in [2.05, 4.69) is 33.9 Å². The smallest absolute Gasteiger partial charge is 0.317 e. The second kappa shape index (κ2) is 7.55. The first kappa shape index (κ1) is 17.8. The van der Waals surface area contributed by atoms with Crippen molar-refractivity contribution in [2.45, 2.75) is 89.5 Å². The van der Waals surface area contributed by atoms with Gasteiger partial charge >= 0.3 is 6.03 Å². The first-order valence-corrected chi connectivity index (χ1v) is 10.2. The summed E-state index contributed by atoms with van der Waals surface area (Å²) in [6.45, 7) is 6.60. The summed E-state index contributed by atoms with van der Waals surface area (Å²) in [6.07, 6.45) is 8.21. The predicted molar refractivity (Wildman–Crippen MR) is 98.1 cm³/mol. The van der Waals surface area contributed by atoms with Crippen molar-refractivity contribution in [2.24, 2.45) is 0 Å². The predicted octanol–water partition coefficient (Wildman–Crippen LogP) is 2.46. The Bertz CT molecular complexity index is 640. The van der Waals surface area contributed by atoms with E-state index in [1.54, 1.807) is 0 Å². The zero-order valence-electron chi connectivity index (χ0n) is 16.0. The van der Waals surface area contributed by atoms with Crippen LogP contribution in [0.15, 0.2) is 0 Å². The molecule has 26 heavy (non-hydrogen) atoms. The number of ether oxygens (including phenoxy) is 1. The van der Waals surface area contributed by atoms with Crippen LogP contribution in [0.25, 0.3) is 0 Å². The fourth-order valence-corrected chi connectivity index (χ4v) is 4.17. The van der Waals surface area contributed by atoms with E-state index in [9.17, 15) is 4.79 Å². The molecule has 0 bridgehead atoms. The van der Waals surface area contributed by atoms with Gasteiger partial charge in [0, 0.05) is 38.0 Å².